The summed E-state index contributed by atoms with van der Waals surface area (Å²) in [5, 5.41) is 3.17. The topological polar surface area (TPSA) is 181 Å². The summed E-state index contributed by atoms with van der Waals surface area (Å²) in [6, 6.07) is -0.920. The summed E-state index contributed by atoms with van der Waals surface area (Å²) in [5.74, 6) is -3.85. The molecule has 0 aromatic carbocycles. The van der Waals surface area contributed by atoms with Crippen molar-refractivity contribution in [2.45, 2.75) is 89.6 Å². The Labute approximate surface area is 223 Å². The summed E-state index contributed by atoms with van der Waals surface area (Å²) in [4.78, 5) is 87.0. The average molecular weight is 561 g/mol. The van der Waals surface area contributed by atoms with Crippen molar-refractivity contribution in [1.82, 2.24) is 10.4 Å². The fraction of sp³-hybridized carbons (Fsp3) is 0.696. The first kappa shape index (κ1) is 31.0. The van der Waals surface area contributed by atoms with E-state index in [1.165, 1.54) is 25.6 Å². The molecule has 0 spiro atoms. The lowest BCUT2D eigenvalue weighted by Gasteiger charge is -2.45. The number of nitrogens with zero attached hydrogens (tertiary/aromatic N) is 1. The third-order valence-electron chi connectivity index (χ3n) is 5.33. The summed E-state index contributed by atoms with van der Waals surface area (Å²) in [6.07, 6.45) is -2.50. The summed E-state index contributed by atoms with van der Waals surface area (Å²) >= 11 is 1.24. The van der Waals surface area contributed by atoms with Crippen molar-refractivity contribution in [3.8, 4) is 0 Å². The van der Waals surface area contributed by atoms with Crippen LogP contribution in [0.15, 0.2) is 0 Å². The average Bonchev–Trinajstić information content (AvgIpc) is 3.12. The van der Waals surface area contributed by atoms with Gasteiger partial charge in [-0.1, -0.05) is 0 Å². The number of unbranched alkanes of at least 4 members (excludes halogenated alkanes) is 1. The maximum Gasteiger partial charge on any atom is 0.333 e. The summed E-state index contributed by atoms with van der Waals surface area (Å²) in [7, 11) is 0. The van der Waals surface area contributed by atoms with Gasteiger partial charge in [0.25, 0.3) is 11.8 Å². The van der Waals surface area contributed by atoms with E-state index in [0.717, 1.165) is 13.8 Å². The standard InChI is InChI=1S/C23H32N2O12S/c1-12(26)24-20-22(35-15(4)29)21(34-14(3)28)16(11-33-13(2)27)36-23(20)38-10-6-5-7-19(32)37-25-17(30)8-9-18(25)31/h16,20-23H,5-11H2,1-4H3,(H,24,26)/t16?,20-,21-,22?,23-/m0/s1. The van der Waals surface area contributed by atoms with Gasteiger partial charge in [-0.25, -0.2) is 4.79 Å². The molecular weight excluding hydrogens is 528 g/mol. The molecule has 38 heavy (non-hydrogen) atoms. The van der Waals surface area contributed by atoms with Gasteiger partial charge in [0.1, 0.15) is 24.2 Å². The number of imide groups is 1. The van der Waals surface area contributed by atoms with Crippen LogP contribution >= 0.6 is 11.8 Å². The molecule has 15 heteroatoms. The minimum absolute atomic E-state index is 0.00467. The highest BCUT2D eigenvalue weighted by atomic mass is 32.2. The minimum Gasteiger partial charge on any atom is -0.463 e. The van der Waals surface area contributed by atoms with Crippen LogP contribution < -0.4 is 5.32 Å². The van der Waals surface area contributed by atoms with Crippen LogP contribution in [0, 0.1) is 0 Å². The zero-order valence-electron chi connectivity index (χ0n) is 21.6. The van der Waals surface area contributed by atoms with Crippen LogP contribution in [0.4, 0.5) is 0 Å². The molecule has 1 N–H and O–H groups in total. The van der Waals surface area contributed by atoms with E-state index >= 15 is 0 Å². The molecule has 0 aromatic rings. The first-order chi connectivity index (χ1) is 17.9. The molecule has 2 aliphatic rings. The lowest BCUT2D eigenvalue weighted by molar-refractivity contribution is -0.211. The van der Waals surface area contributed by atoms with Crippen LogP contribution in [0.3, 0.4) is 0 Å². The zero-order chi connectivity index (χ0) is 28.4. The lowest BCUT2D eigenvalue weighted by atomic mass is 9.97. The quantitative estimate of drug-likeness (QED) is 0.148. The smallest absolute Gasteiger partial charge is 0.333 e. The van der Waals surface area contributed by atoms with Crippen molar-refractivity contribution in [2.24, 2.45) is 0 Å². The van der Waals surface area contributed by atoms with E-state index in [2.05, 4.69) is 5.32 Å². The van der Waals surface area contributed by atoms with Crippen molar-refractivity contribution in [1.29, 1.82) is 0 Å². The molecule has 3 amide bonds. The Morgan fingerprint density at radius 2 is 1.53 bits per heavy atom. The van der Waals surface area contributed by atoms with Gasteiger partial charge in [-0.3, -0.25) is 28.8 Å². The SMILES string of the molecule is CC(=O)N[C@H]1C(OC(C)=O)[C@@H](OC(C)=O)C(COC(C)=O)O[C@H]1SCCCCC(=O)ON1C(=O)CCC1=O. The predicted octanol–water partition coefficient (Wildman–Crippen LogP) is 0.153. The molecule has 0 aliphatic carbocycles. The normalized spacial score (nSPS) is 24.9. The number of amides is 3. The van der Waals surface area contributed by atoms with E-state index in [4.69, 9.17) is 23.8 Å². The highest BCUT2D eigenvalue weighted by Crippen LogP contribution is 2.33. The second kappa shape index (κ2) is 14.7. The Hall–Kier alpha value is -3.20. The van der Waals surface area contributed by atoms with E-state index in [0.29, 0.717) is 23.7 Å². The summed E-state index contributed by atoms with van der Waals surface area (Å²) < 4.78 is 21.9. The van der Waals surface area contributed by atoms with Crippen LogP contribution in [-0.2, 0) is 57.3 Å². The van der Waals surface area contributed by atoms with Gasteiger partial charge in [-0.15, -0.1) is 16.8 Å². The Morgan fingerprint density at radius 1 is 0.921 bits per heavy atom. The molecule has 5 atom stereocenters. The first-order valence-corrected chi connectivity index (χ1v) is 13.0. The van der Waals surface area contributed by atoms with Crippen molar-refractivity contribution in [2.75, 3.05) is 12.4 Å². The van der Waals surface area contributed by atoms with Crippen LogP contribution in [0.5, 0.6) is 0 Å². The maximum atomic E-state index is 12.0. The van der Waals surface area contributed by atoms with Crippen molar-refractivity contribution < 1.29 is 57.3 Å². The zero-order valence-corrected chi connectivity index (χ0v) is 22.4. The van der Waals surface area contributed by atoms with Gasteiger partial charge in [0, 0.05) is 47.0 Å². The number of hydrogen-bond donors (Lipinski definition) is 1. The molecule has 0 saturated carbocycles. The molecule has 0 radical (unpaired) electrons. The maximum absolute atomic E-state index is 12.0. The number of ether oxygens (including phenoxy) is 4. The molecule has 0 aromatic heterocycles. The molecule has 0 bridgehead atoms. The Bertz CT molecular complexity index is 925. The largest absolute Gasteiger partial charge is 0.463 e. The van der Waals surface area contributed by atoms with Crippen LogP contribution in [0.25, 0.3) is 0 Å². The van der Waals surface area contributed by atoms with Crippen LogP contribution in [0.1, 0.15) is 59.8 Å². The van der Waals surface area contributed by atoms with Gasteiger partial charge < -0.3 is 29.1 Å². The minimum atomic E-state index is -1.17. The number of thioether (sulfide) groups is 1. The van der Waals surface area contributed by atoms with E-state index in [1.807, 2.05) is 0 Å². The number of hydroxylamine groups is 2. The van der Waals surface area contributed by atoms with Crippen LogP contribution in [0.2, 0.25) is 0 Å². The van der Waals surface area contributed by atoms with E-state index in [9.17, 15) is 33.6 Å². The number of carbonyl (C=O) groups is 7. The van der Waals surface area contributed by atoms with Crippen molar-refractivity contribution in [3.63, 3.8) is 0 Å². The fourth-order valence-corrected chi connectivity index (χ4v) is 5.06. The molecular formula is C23H32N2O12S. The number of esters is 3. The second-order valence-corrected chi connectivity index (χ2v) is 9.80. The van der Waals surface area contributed by atoms with E-state index < -0.39 is 71.4 Å². The first-order valence-electron chi connectivity index (χ1n) is 12.0. The molecule has 212 valence electrons. The highest BCUT2D eigenvalue weighted by Gasteiger charge is 2.50. The lowest BCUT2D eigenvalue weighted by Crippen LogP contribution is -2.65. The fourth-order valence-electron chi connectivity index (χ4n) is 3.81. The number of rotatable bonds is 12. The molecule has 2 unspecified atom stereocenters. The van der Waals surface area contributed by atoms with Gasteiger partial charge in [0.2, 0.25) is 5.91 Å². The van der Waals surface area contributed by atoms with Gasteiger partial charge in [-0.05, 0) is 18.6 Å². The number of hydrogen-bond acceptors (Lipinski definition) is 13. The Balaban J connectivity index is 2.05. The molecule has 14 nitrogen and oxygen atoms in total. The van der Waals surface area contributed by atoms with Crippen LogP contribution in [-0.4, -0.2) is 88.8 Å². The monoisotopic (exact) mass is 560 g/mol. The van der Waals surface area contributed by atoms with E-state index in [-0.39, 0.29) is 25.9 Å². The number of nitrogens with one attached hydrogen (secondary N) is 1. The Kier molecular flexibility index (Phi) is 12.0. The number of carbonyl (C=O) groups excluding carboxylic acids is 7. The van der Waals surface area contributed by atoms with Gasteiger partial charge in [0.05, 0.1) is 0 Å². The van der Waals surface area contributed by atoms with Crippen molar-refractivity contribution in [3.05, 3.63) is 0 Å². The highest BCUT2D eigenvalue weighted by molar-refractivity contribution is 7.99. The molecule has 2 saturated heterocycles. The van der Waals surface area contributed by atoms with Gasteiger partial charge in [0.15, 0.2) is 12.2 Å². The second-order valence-electron chi connectivity index (χ2n) is 8.59. The third-order valence-corrected chi connectivity index (χ3v) is 6.58. The predicted molar refractivity (Wildman–Crippen MR) is 127 cm³/mol. The summed E-state index contributed by atoms with van der Waals surface area (Å²) in [5.41, 5.74) is -0.803. The summed E-state index contributed by atoms with van der Waals surface area (Å²) in [6.45, 7) is 4.48. The van der Waals surface area contributed by atoms with Crippen molar-refractivity contribution >= 4 is 53.4 Å². The van der Waals surface area contributed by atoms with E-state index in [1.54, 1.807) is 0 Å². The molecule has 2 aliphatic heterocycles. The van der Waals surface area contributed by atoms with Gasteiger partial charge >= 0.3 is 23.9 Å². The molecule has 2 fully saturated rings. The molecule has 2 heterocycles. The Morgan fingerprint density at radius 3 is 2.08 bits per heavy atom. The van der Waals surface area contributed by atoms with Gasteiger partial charge in [-0.2, -0.15) is 0 Å². The third kappa shape index (κ3) is 9.59. The molecule has 2 rings (SSSR count).